The largest absolute Gasteiger partial charge is 0.478 e. The van der Waals surface area contributed by atoms with Crippen LogP contribution >= 0.6 is 0 Å². The van der Waals surface area contributed by atoms with Gasteiger partial charge < -0.3 is 14.6 Å². The molecule has 0 spiro atoms. The lowest BCUT2D eigenvalue weighted by molar-refractivity contribution is -0.168. The van der Waals surface area contributed by atoms with Crippen molar-refractivity contribution < 1.29 is 24.2 Å². The first kappa shape index (κ1) is 19.2. The first-order valence-corrected chi connectivity index (χ1v) is 8.66. The summed E-state index contributed by atoms with van der Waals surface area (Å²) in [5, 5.41) is 8.87. The van der Waals surface area contributed by atoms with Crippen molar-refractivity contribution in [1.29, 1.82) is 0 Å². The van der Waals surface area contributed by atoms with E-state index in [9.17, 15) is 9.59 Å². The first-order valence-electron chi connectivity index (χ1n) is 8.66. The summed E-state index contributed by atoms with van der Waals surface area (Å²) < 4.78 is 11.2. The van der Waals surface area contributed by atoms with E-state index in [1.807, 2.05) is 30.3 Å². The van der Waals surface area contributed by atoms with Gasteiger partial charge in [-0.25, -0.2) is 4.79 Å². The van der Waals surface area contributed by atoms with Crippen molar-refractivity contribution in [1.82, 2.24) is 0 Å². The fourth-order valence-corrected chi connectivity index (χ4v) is 2.79. The smallest absolute Gasteiger partial charge is 0.328 e. The zero-order valence-corrected chi connectivity index (χ0v) is 14.8. The average molecular weight is 346 g/mol. The zero-order chi connectivity index (χ0) is 18.3. The maximum absolute atomic E-state index is 12.4. The van der Waals surface area contributed by atoms with E-state index in [0.29, 0.717) is 32.0 Å². The number of carboxylic acids is 1. The van der Waals surface area contributed by atoms with E-state index in [-0.39, 0.29) is 12.1 Å². The van der Waals surface area contributed by atoms with Gasteiger partial charge in [0.1, 0.15) is 0 Å². The average Bonchev–Trinajstić information content (AvgIpc) is 2.53. The van der Waals surface area contributed by atoms with Gasteiger partial charge in [-0.15, -0.1) is 0 Å². The Morgan fingerprint density at radius 3 is 2.56 bits per heavy atom. The molecule has 1 fully saturated rings. The van der Waals surface area contributed by atoms with Crippen molar-refractivity contribution in [3.8, 4) is 0 Å². The molecular weight excluding hydrogens is 320 g/mol. The van der Waals surface area contributed by atoms with E-state index in [0.717, 1.165) is 18.1 Å². The van der Waals surface area contributed by atoms with Gasteiger partial charge in [0.2, 0.25) is 0 Å². The number of carboxylic acid groups (broad SMARTS) is 1. The van der Waals surface area contributed by atoms with E-state index in [2.05, 4.69) is 13.8 Å². The highest BCUT2D eigenvalue weighted by Crippen LogP contribution is 2.45. The molecule has 0 bridgehead atoms. The highest BCUT2D eigenvalue weighted by atomic mass is 16.5. The molecule has 1 aliphatic carbocycles. The standard InChI is InChI=1S/C20H26O5/c1-15(2)9-11-24-19(23)20(10-8-18(21)22)12-17(13-20)25-14-16-6-4-3-5-7-16/h3-8,10,15,17H,9,11-14H2,1-2H3,(H,21,22). The van der Waals surface area contributed by atoms with Crippen LogP contribution in [0.2, 0.25) is 0 Å². The van der Waals surface area contributed by atoms with Crippen molar-refractivity contribution in [3.63, 3.8) is 0 Å². The maximum Gasteiger partial charge on any atom is 0.328 e. The predicted molar refractivity (Wildman–Crippen MR) is 93.9 cm³/mol. The number of benzene rings is 1. The van der Waals surface area contributed by atoms with Crippen LogP contribution in [-0.4, -0.2) is 29.8 Å². The van der Waals surface area contributed by atoms with Gasteiger partial charge in [-0.05, 0) is 30.7 Å². The van der Waals surface area contributed by atoms with Crippen LogP contribution in [0.5, 0.6) is 0 Å². The third kappa shape index (κ3) is 5.71. The van der Waals surface area contributed by atoms with E-state index in [1.165, 1.54) is 6.08 Å². The predicted octanol–water partition coefficient (Wildman–Crippen LogP) is 3.58. The summed E-state index contributed by atoms with van der Waals surface area (Å²) in [6, 6.07) is 9.81. The van der Waals surface area contributed by atoms with Gasteiger partial charge in [0, 0.05) is 6.08 Å². The SMILES string of the molecule is CC(C)CCOC(=O)C1(C=CC(=O)O)CC(OCc2ccccc2)C1. The number of rotatable bonds is 9. The Bertz CT molecular complexity index is 600. The summed E-state index contributed by atoms with van der Waals surface area (Å²) in [4.78, 5) is 23.3. The molecule has 2 rings (SSSR count). The minimum Gasteiger partial charge on any atom is -0.478 e. The van der Waals surface area contributed by atoms with Crippen LogP contribution in [0.15, 0.2) is 42.5 Å². The molecule has 1 aromatic rings. The van der Waals surface area contributed by atoms with Gasteiger partial charge >= 0.3 is 11.9 Å². The molecule has 1 saturated carbocycles. The Hall–Kier alpha value is -2.14. The monoisotopic (exact) mass is 346 g/mol. The third-order valence-corrected chi connectivity index (χ3v) is 4.39. The van der Waals surface area contributed by atoms with E-state index >= 15 is 0 Å². The number of aliphatic carboxylic acids is 1. The molecule has 0 amide bonds. The second-order valence-electron chi connectivity index (χ2n) is 6.97. The molecule has 0 heterocycles. The quantitative estimate of drug-likeness (QED) is 0.546. The number of hydrogen-bond acceptors (Lipinski definition) is 4. The Kier molecular flexibility index (Phi) is 6.76. The van der Waals surface area contributed by atoms with Gasteiger partial charge in [0.25, 0.3) is 0 Å². The molecule has 5 heteroatoms. The molecule has 136 valence electrons. The highest BCUT2D eigenvalue weighted by Gasteiger charge is 2.50. The highest BCUT2D eigenvalue weighted by molar-refractivity contribution is 5.85. The summed E-state index contributed by atoms with van der Waals surface area (Å²) in [6.07, 6.45) is 4.09. The normalized spacial score (nSPS) is 22.8. The Balaban J connectivity index is 1.90. The topological polar surface area (TPSA) is 72.8 Å². The molecule has 0 aliphatic heterocycles. The number of hydrogen-bond donors (Lipinski definition) is 1. The summed E-state index contributed by atoms with van der Waals surface area (Å²) in [7, 11) is 0. The van der Waals surface area contributed by atoms with Crippen LogP contribution < -0.4 is 0 Å². The van der Waals surface area contributed by atoms with Crippen molar-refractivity contribution in [3.05, 3.63) is 48.0 Å². The van der Waals surface area contributed by atoms with Crippen LogP contribution in [0, 0.1) is 11.3 Å². The van der Waals surface area contributed by atoms with E-state index in [4.69, 9.17) is 14.6 Å². The van der Waals surface area contributed by atoms with Gasteiger partial charge in [0.15, 0.2) is 0 Å². The Morgan fingerprint density at radius 2 is 1.96 bits per heavy atom. The van der Waals surface area contributed by atoms with Crippen LogP contribution in [0.4, 0.5) is 0 Å². The molecule has 0 unspecified atom stereocenters. The summed E-state index contributed by atoms with van der Waals surface area (Å²) in [5.74, 6) is -0.977. The minimum atomic E-state index is -1.07. The molecule has 0 atom stereocenters. The van der Waals surface area contributed by atoms with Crippen molar-refractivity contribution in [2.75, 3.05) is 6.61 Å². The second kappa shape index (κ2) is 8.81. The van der Waals surface area contributed by atoms with Gasteiger partial charge in [-0.1, -0.05) is 50.3 Å². The Morgan fingerprint density at radius 1 is 1.28 bits per heavy atom. The van der Waals surface area contributed by atoms with Crippen molar-refractivity contribution in [2.45, 2.75) is 45.8 Å². The van der Waals surface area contributed by atoms with Crippen LogP contribution in [0.3, 0.4) is 0 Å². The molecule has 0 saturated heterocycles. The number of carbonyl (C=O) groups is 2. The molecule has 1 aliphatic rings. The molecule has 1 N–H and O–H groups in total. The first-order chi connectivity index (χ1) is 11.9. The number of ether oxygens (including phenoxy) is 2. The third-order valence-electron chi connectivity index (χ3n) is 4.39. The molecule has 0 aromatic heterocycles. The fraction of sp³-hybridized carbons (Fsp3) is 0.500. The lowest BCUT2D eigenvalue weighted by Crippen LogP contribution is -2.47. The minimum absolute atomic E-state index is 0.0729. The van der Waals surface area contributed by atoms with Crippen LogP contribution in [-0.2, 0) is 25.7 Å². The van der Waals surface area contributed by atoms with Crippen LogP contribution in [0.1, 0.15) is 38.7 Å². The zero-order valence-electron chi connectivity index (χ0n) is 14.8. The van der Waals surface area contributed by atoms with Gasteiger partial charge in [-0.3, -0.25) is 4.79 Å². The van der Waals surface area contributed by atoms with E-state index in [1.54, 1.807) is 0 Å². The molecular formula is C20H26O5. The summed E-state index contributed by atoms with van der Waals surface area (Å²) >= 11 is 0. The summed E-state index contributed by atoms with van der Waals surface area (Å²) in [6.45, 7) is 4.96. The maximum atomic E-state index is 12.4. The van der Waals surface area contributed by atoms with E-state index < -0.39 is 11.4 Å². The number of carbonyl (C=O) groups excluding carboxylic acids is 1. The lowest BCUT2D eigenvalue weighted by Gasteiger charge is -2.43. The molecule has 25 heavy (non-hydrogen) atoms. The fourth-order valence-electron chi connectivity index (χ4n) is 2.79. The lowest BCUT2D eigenvalue weighted by atomic mass is 9.66. The van der Waals surface area contributed by atoms with Gasteiger partial charge in [-0.2, -0.15) is 0 Å². The molecule has 0 radical (unpaired) electrons. The second-order valence-corrected chi connectivity index (χ2v) is 6.97. The molecule has 1 aromatic carbocycles. The molecule has 5 nitrogen and oxygen atoms in total. The van der Waals surface area contributed by atoms with Gasteiger partial charge in [0.05, 0.1) is 24.7 Å². The number of esters is 1. The summed E-state index contributed by atoms with van der Waals surface area (Å²) in [5.41, 5.74) is 0.192. The Labute approximate surface area is 148 Å². The van der Waals surface area contributed by atoms with Crippen LogP contribution in [0.25, 0.3) is 0 Å². The van der Waals surface area contributed by atoms with Crippen molar-refractivity contribution >= 4 is 11.9 Å². The van der Waals surface area contributed by atoms with Crippen molar-refractivity contribution in [2.24, 2.45) is 11.3 Å².